The van der Waals surface area contributed by atoms with E-state index in [9.17, 15) is 5.26 Å². The lowest BCUT2D eigenvalue weighted by molar-refractivity contribution is 0.0207. The summed E-state index contributed by atoms with van der Waals surface area (Å²) in [5, 5.41) is 17.4. The second-order valence-corrected chi connectivity index (χ2v) is 12.8. The Labute approximate surface area is 254 Å². The maximum atomic E-state index is 9.80. The van der Waals surface area contributed by atoms with Gasteiger partial charge in [0.15, 0.2) is 0 Å². The number of nitrogens with one attached hydrogen (secondary N) is 2. The lowest BCUT2D eigenvalue weighted by Gasteiger charge is -2.33. The molecule has 9 nitrogen and oxygen atoms in total. The van der Waals surface area contributed by atoms with Crippen LogP contribution in [0.15, 0.2) is 30.5 Å². The zero-order valence-electron chi connectivity index (χ0n) is 24.4. The van der Waals surface area contributed by atoms with Gasteiger partial charge in [0.2, 0.25) is 0 Å². The van der Waals surface area contributed by atoms with Crippen LogP contribution in [0.3, 0.4) is 0 Å². The summed E-state index contributed by atoms with van der Waals surface area (Å²) in [7, 11) is 0. The highest BCUT2D eigenvalue weighted by Crippen LogP contribution is 2.33. The highest BCUT2D eigenvalue weighted by molar-refractivity contribution is 6.33. The van der Waals surface area contributed by atoms with Gasteiger partial charge in [-0.25, -0.2) is 9.97 Å². The molecule has 2 aromatic heterocycles. The number of nitrogens with zero attached hydrogens (tertiary/aromatic N) is 4. The molecule has 0 amide bonds. The van der Waals surface area contributed by atoms with Gasteiger partial charge in [0.25, 0.3) is 0 Å². The topological polar surface area (TPSA) is 105 Å². The van der Waals surface area contributed by atoms with Crippen LogP contribution in [0.1, 0.15) is 57.8 Å². The van der Waals surface area contributed by atoms with E-state index in [2.05, 4.69) is 26.6 Å². The van der Waals surface area contributed by atoms with Crippen LogP contribution < -0.4 is 10.6 Å². The number of ether oxygens (including phenoxy) is 3. The van der Waals surface area contributed by atoms with Crippen LogP contribution >= 0.6 is 11.6 Å². The number of halogens is 1. The Kier molecular flexibility index (Phi) is 9.77. The highest BCUT2D eigenvalue weighted by Gasteiger charge is 2.34. The van der Waals surface area contributed by atoms with E-state index in [0.29, 0.717) is 49.1 Å². The van der Waals surface area contributed by atoms with Crippen molar-refractivity contribution in [2.24, 2.45) is 5.41 Å². The number of aromatic nitrogens is 2. The van der Waals surface area contributed by atoms with Crippen molar-refractivity contribution >= 4 is 23.2 Å². The fraction of sp³-hybridized carbons (Fsp3) is 0.656. The van der Waals surface area contributed by atoms with Crippen molar-refractivity contribution in [1.29, 1.82) is 5.26 Å². The van der Waals surface area contributed by atoms with E-state index in [1.165, 1.54) is 12.8 Å². The van der Waals surface area contributed by atoms with Crippen LogP contribution in [0, 0.1) is 16.7 Å². The molecule has 3 aliphatic heterocycles. The third-order valence-electron chi connectivity index (χ3n) is 9.37. The molecule has 4 atom stereocenters. The molecular weight excluding hydrogens is 552 g/mol. The summed E-state index contributed by atoms with van der Waals surface area (Å²) in [6, 6.07) is 11.2. The Morgan fingerprint density at radius 2 is 1.76 bits per heavy atom. The zero-order valence-corrected chi connectivity index (χ0v) is 25.2. The first-order valence-corrected chi connectivity index (χ1v) is 16.1. The maximum absolute atomic E-state index is 9.80. The monoisotopic (exact) mass is 594 g/mol. The molecule has 42 heavy (non-hydrogen) atoms. The summed E-state index contributed by atoms with van der Waals surface area (Å²) in [6.45, 7) is 5.56. The summed E-state index contributed by atoms with van der Waals surface area (Å²) < 4.78 is 17.5. The Hall–Kier alpha value is -2.48. The van der Waals surface area contributed by atoms with Gasteiger partial charge in [-0.3, -0.25) is 4.90 Å². The molecule has 3 saturated heterocycles. The van der Waals surface area contributed by atoms with Crippen LogP contribution in [0.4, 0.5) is 11.6 Å². The molecule has 4 fully saturated rings. The number of rotatable bonds is 11. The van der Waals surface area contributed by atoms with Gasteiger partial charge in [0.1, 0.15) is 11.6 Å². The SMILES string of the molecule is N#CC1(CNc2cccc(-c3cc(N[C@@H]4CC[C@@H](N(CC5CCCO5)CC5CCCO5)C4)ncc3Cl)n2)CCOCC1. The molecular formula is C32H43ClN6O3. The quantitative estimate of drug-likeness (QED) is 0.348. The van der Waals surface area contributed by atoms with Gasteiger partial charge in [-0.2, -0.15) is 5.26 Å². The van der Waals surface area contributed by atoms with E-state index in [1.807, 2.05) is 24.3 Å². The minimum Gasteiger partial charge on any atom is -0.381 e. The number of hydrogen-bond acceptors (Lipinski definition) is 9. The molecule has 10 heteroatoms. The predicted molar refractivity (Wildman–Crippen MR) is 164 cm³/mol. The van der Waals surface area contributed by atoms with Crippen LogP contribution in [0.25, 0.3) is 11.3 Å². The van der Waals surface area contributed by atoms with Gasteiger partial charge in [-0.15, -0.1) is 0 Å². The second-order valence-electron chi connectivity index (χ2n) is 12.3. The lowest BCUT2D eigenvalue weighted by atomic mass is 9.82. The largest absolute Gasteiger partial charge is 0.381 e. The predicted octanol–water partition coefficient (Wildman–Crippen LogP) is 5.52. The minimum absolute atomic E-state index is 0.343. The molecule has 1 aliphatic carbocycles. The van der Waals surface area contributed by atoms with Gasteiger partial charge in [0.05, 0.1) is 34.4 Å². The molecule has 5 heterocycles. The molecule has 0 radical (unpaired) electrons. The summed E-state index contributed by atoms with van der Waals surface area (Å²) in [6.07, 6.45) is 11.8. The zero-order chi connectivity index (χ0) is 28.8. The van der Waals surface area contributed by atoms with E-state index < -0.39 is 5.41 Å². The Balaban J connectivity index is 1.09. The van der Waals surface area contributed by atoms with E-state index in [-0.39, 0.29) is 0 Å². The fourth-order valence-electron chi connectivity index (χ4n) is 6.85. The van der Waals surface area contributed by atoms with Crippen LogP contribution in [0.5, 0.6) is 0 Å². The van der Waals surface area contributed by atoms with E-state index in [0.717, 1.165) is 94.1 Å². The normalized spacial score (nSPS) is 27.3. The van der Waals surface area contributed by atoms with Crippen LogP contribution in [-0.4, -0.2) is 85.2 Å². The van der Waals surface area contributed by atoms with E-state index in [4.69, 9.17) is 30.8 Å². The smallest absolute Gasteiger partial charge is 0.126 e. The third kappa shape index (κ3) is 7.35. The van der Waals surface area contributed by atoms with Gasteiger partial charge >= 0.3 is 0 Å². The number of anilines is 2. The highest BCUT2D eigenvalue weighted by atomic mass is 35.5. The minimum atomic E-state index is -0.426. The van der Waals surface area contributed by atoms with Crippen LogP contribution in [0.2, 0.25) is 5.02 Å². The van der Waals surface area contributed by atoms with Gasteiger partial charge in [-0.05, 0) is 76.0 Å². The molecule has 2 N–H and O–H groups in total. The third-order valence-corrected chi connectivity index (χ3v) is 9.67. The van der Waals surface area contributed by atoms with Crippen molar-refractivity contribution in [3.05, 3.63) is 35.5 Å². The Bertz CT molecular complexity index is 1200. The van der Waals surface area contributed by atoms with Crippen molar-refractivity contribution in [2.45, 2.75) is 82.1 Å². The van der Waals surface area contributed by atoms with Gasteiger partial charge < -0.3 is 24.8 Å². The Morgan fingerprint density at radius 1 is 1.00 bits per heavy atom. The first kappa shape index (κ1) is 29.6. The molecule has 0 spiro atoms. The fourth-order valence-corrected chi connectivity index (χ4v) is 7.05. The number of hydrogen-bond donors (Lipinski definition) is 2. The molecule has 1 saturated carbocycles. The van der Waals surface area contributed by atoms with Gasteiger partial charge in [0, 0.05) is 69.9 Å². The summed E-state index contributed by atoms with van der Waals surface area (Å²) >= 11 is 6.63. The van der Waals surface area contributed by atoms with Crippen molar-refractivity contribution < 1.29 is 14.2 Å². The average Bonchev–Trinajstić information content (AvgIpc) is 3.82. The Morgan fingerprint density at radius 3 is 2.45 bits per heavy atom. The number of pyridine rings is 2. The summed E-state index contributed by atoms with van der Waals surface area (Å²) in [5.41, 5.74) is 1.19. The molecule has 2 aromatic rings. The van der Waals surface area contributed by atoms with Gasteiger partial charge in [-0.1, -0.05) is 17.7 Å². The molecule has 2 unspecified atom stereocenters. The number of nitriles is 1. The first-order chi connectivity index (χ1) is 20.6. The van der Waals surface area contributed by atoms with Crippen molar-refractivity contribution in [1.82, 2.24) is 14.9 Å². The molecule has 226 valence electrons. The first-order valence-electron chi connectivity index (χ1n) is 15.7. The molecule has 0 aromatic carbocycles. The molecule has 4 aliphatic rings. The van der Waals surface area contributed by atoms with Crippen molar-refractivity contribution in [3.8, 4) is 17.3 Å². The summed E-state index contributed by atoms with van der Waals surface area (Å²) in [5.74, 6) is 1.54. The van der Waals surface area contributed by atoms with Crippen LogP contribution in [-0.2, 0) is 14.2 Å². The molecule has 6 rings (SSSR count). The van der Waals surface area contributed by atoms with E-state index >= 15 is 0 Å². The van der Waals surface area contributed by atoms with Crippen molar-refractivity contribution in [3.63, 3.8) is 0 Å². The standard InChI is InChI=1S/C32H43ClN6O3/c33-28-18-35-31(17-27(28)29-6-1-7-30(38-29)36-22-32(21-34)10-14-40-15-11-32)37-23-8-9-24(16-23)39(19-25-4-2-12-41-25)20-26-5-3-13-42-26/h1,6-7,17-18,23-26H,2-5,8-16,19-20,22H2,(H,35,37)(H,36,38)/t23-,24-,25?,26?/m1/s1. The average molecular weight is 595 g/mol. The van der Waals surface area contributed by atoms with Crippen molar-refractivity contribution in [2.75, 3.05) is 56.7 Å². The van der Waals surface area contributed by atoms with E-state index in [1.54, 1.807) is 6.20 Å². The lowest BCUT2D eigenvalue weighted by Crippen LogP contribution is -2.43. The molecule has 0 bridgehead atoms. The second kappa shape index (κ2) is 13.9. The summed E-state index contributed by atoms with van der Waals surface area (Å²) in [4.78, 5) is 12.1. The maximum Gasteiger partial charge on any atom is 0.126 e.